The summed E-state index contributed by atoms with van der Waals surface area (Å²) in [5.41, 5.74) is 2.10. The molecule has 0 bridgehead atoms. The molecule has 0 fully saturated rings. The zero-order chi connectivity index (χ0) is 21.8. The third-order valence-electron chi connectivity index (χ3n) is 4.40. The molecule has 0 radical (unpaired) electrons. The van der Waals surface area contributed by atoms with E-state index in [2.05, 4.69) is 20.4 Å². The van der Waals surface area contributed by atoms with Gasteiger partial charge in [-0.1, -0.05) is 0 Å². The van der Waals surface area contributed by atoms with Crippen LogP contribution in [-0.2, 0) is 7.05 Å². The molecule has 0 saturated heterocycles. The van der Waals surface area contributed by atoms with Crippen LogP contribution in [0, 0.1) is 0 Å². The van der Waals surface area contributed by atoms with Crippen molar-refractivity contribution in [1.82, 2.24) is 19.7 Å². The Hall–Kier alpha value is -3.82. The topological polar surface area (TPSA) is 104 Å². The van der Waals surface area contributed by atoms with Crippen molar-refractivity contribution in [3.63, 3.8) is 0 Å². The number of nitrogens with one attached hydrogen (secondary N) is 1. The summed E-state index contributed by atoms with van der Waals surface area (Å²) < 4.78 is 17.3. The summed E-state index contributed by atoms with van der Waals surface area (Å²) in [6.45, 7) is 0. The van der Waals surface area contributed by atoms with Gasteiger partial charge in [-0.25, -0.2) is 4.98 Å². The Kier molecular flexibility index (Phi) is 6.05. The molecule has 3 aromatic rings. The van der Waals surface area contributed by atoms with E-state index in [-0.39, 0.29) is 11.9 Å². The number of rotatable bonds is 7. The molecule has 0 aliphatic heterocycles. The molecule has 0 atom stereocenters. The highest BCUT2D eigenvalue weighted by Crippen LogP contribution is 2.33. The quantitative estimate of drug-likeness (QED) is 0.630. The molecule has 0 aliphatic carbocycles. The molecule has 158 valence electrons. The minimum atomic E-state index is -0.352. The highest BCUT2D eigenvalue weighted by Gasteiger charge is 2.19. The van der Waals surface area contributed by atoms with E-state index in [0.29, 0.717) is 40.0 Å². The second-order valence-corrected chi connectivity index (χ2v) is 6.55. The fourth-order valence-electron chi connectivity index (χ4n) is 2.90. The maximum absolute atomic E-state index is 13.0. The van der Waals surface area contributed by atoms with Gasteiger partial charge in [0.05, 0.1) is 33.2 Å². The molecule has 0 unspecified atom stereocenters. The molecule has 0 saturated carbocycles. The van der Waals surface area contributed by atoms with E-state index in [1.165, 1.54) is 18.0 Å². The predicted octanol–water partition coefficient (Wildman–Crippen LogP) is 2.22. The number of benzene rings is 1. The summed E-state index contributed by atoms with van der Waals surface area (Å²) in [5.74, 6) is 1.45. The maximum atomic E-state index is 13.0. The third-order valence-corrected chi connectivity index (χ3v) is 4.40. The van der Waals surface area contributed by atoms with E-state index in [0.717, 1.165) is 0 Å². The van der Waals surface area contributed by atoms with E-state index < -0.39 is 0 Å². The van der Waals surface area contributed by atoms with Crippen LogP contribution >= 0.6 is 0 Å². The van der Waals surface area contributed by atoms with Crippen molar-refractivity contribution in [3.05, 3.63) is 36.2 Å². The zero-order valence-corrected chi connectivity index (χ0v) is 17.8. The summed E-state index contributed by atoms with van der Waals surface area (Å²) in [6, 6.07) is 7.30. The van der Waals surface area contributed by atoms with Crippen molar-refractivity contribution in [2.45, 2.75) is 0 Å². The molecule has 30 heavy (non-hydrogen) atoms. The number of aryl methyl sites for hydroxylation is 1. The van der Waals surface area contributed by atoms with E-state index in [9.17, 15) is 4.79 Å². The Balaban J connectivity index is 1.94. The van der Waals surface area contributed by atoms with Crippen LogP contribution in [0.3, 0.4) is 0 Å². The number of hydrogen-bond donors (Lipinski definition) is 1. The van der Waals surface area contributed by atoms with Gasteiger partial charge in [-0.15, -0.1) is 0 Å². The van der Waals surface area contributed by atoms with Crippen molar-refractivity contribution in [1.29, 1.82) is 0 Å². The normalized spacial score (nSPS) is 10.5. The molecule has 1 amide bonds. The number of nitrogens with zero attached hydrogens (tertiary/aromatic N) is 5. The second kappa shape index (κ2) is 8.68. The van der Waals surface area contributed by atoms with E-state index in [1.807, 2.05) is 20.2 Å². The molecule has 3 rings (SSSR count). The minimum Gasteiger partial charge on any atom is -0.497 e. The first kappa shape index (κ1) is 20.9. The molecule has 10 nitrogen and oxygen atoms in total. The lowest BCUT2D eigenvalue weighted by Crippen LogP contribution is -2.20. The summed E-state index contributed by atoms with van der Waals surface area (Å²) in [6.07, 6.45) is 1.50. The van der Waals surface area contributed by atoms with Crippen LogP contribution in [0.1, 0.15) is 10.5 Å². The molecule has 0 aliphatic rings. The van der Waals surface area contributed by atoms with Crippen LogP contribution in [0.2, 0.25) is 0 Å². The molecule has 1 aromatic carbocycles. The number of aromatic nitrogens is 4. The van der Waals surface area contributed by atoms with Gasteiger partial charge in [-0.05, 0) is 24.3 Å². The van der Waals surface area contributed by atoms with Gasteiger partial charge in [0.2, 0.25) is 0 Å². The standard InChI is InChI=1S/C20H24N6O4/c1-25(2)18-15(11-21-20(23-18)30-6)22-19(27)16-10-14(24-26(16)3)13-9-12(28-4)7-8-17(13)29-5/h7-11H,1-6H3,(H,22,27). The first-order valence-corrected chi connectivity index (χ1v) is 9.04. The fraction of sp³-hybridized carbons (Fsp3) is 0.300. The fourth-order valence-corrected chi connectivity index (χ4v) is 2.90. The van der Waals surface area contributed by atoms with Crippen molar-refractivity contribution < 1.29 is 19.0 Å². The van der Waals surface area contributed by atoms with Crippen molar-refractivity contribution in [3.8, 4) is 28.8 Å². The SMILES string of the molecule is COc1ccc(OC)c(-c2cc(C(=O)Nc3cnc(OC)nc3N(C)C)n(C)n2)c1. The van der Waals surface area contributed by atoms with Gasteiger partial charge in [0.15, 0.2) is 5.82 Å². The van der Waals surface area contributed by atoms with Crippen LogP contribution < -0.4 is 24.4 Å². The van der Waals surface area contributed by atoms with Gasteiger partial charge in [0.1, 0.15) is 22.9 Å². The molecular weight excluding hydrogens is 388 g/mol. The minimum absolute atomic E-state index is 0.213. The van der Waals surface area contributed by atoms with Gasteiger partial charge in [0.25, 0.3) is 5.91 Å². The number of carbonyl (C=O) groups is 1. The van der Waals surface area contributed by atoms with E-state index in [4.69, 9.17) is 14.2 Å². The maximum Gasteiger partial charge on any atom is 0.318 e. The third kappa shape index (κ3) is 4.12. The number of anilines is 2. The molecule has 2 heterocycles. The second-order valence-electron chi connectivity index (χ2n) is 6.55. The Morgan fingerprint density at radius 2 is 1.87 bits per heavy atom. The average molecular weight is 412 g/mol. The van der Waals surface area contributed by atoms with Crippen LogP contribution in [0.5, 0.6) is 17.5 Å². The largest absolute Gasteiger partial charge is 0.497 e. The summed E-state index contributed by atoms with van der Waals surface area (Å²) in [4.78, 5) is 23.1. The van der Waals surface area contributed by atoms with E-state index >= 15 is 0 Å². The van der Waals surface area contributed by atoms with E-state index in [1.54, 1.807) is 44.4 Å². The summed E-state index contributed by atoms with van der Waals surface area (Å²) >= 11 is 0. The van der Waals surface area contributed by atoms with Crippen LogP contribution in [0.25, 0.3) is 11.3 Å². The van der Waals surface area contributed by atoms with Crippen molar-refractivity contribution in [2.75, 3.05) is 45.6 Å². The highest BCUT2D eigenvalue weighted by atomic mass is 16.5. The average Bonchev–Trinajstić information content (AvgIpc) is 3.14. The Morgan fingerprint density at radius 1 is 1.10 bits per heavy atom. The summed E-state index contributed by atoms with van der Waals surface area (Å²) in [5, 5.41) is 7.31. The number of hydrogen-bond acceptors (Lipinski definition) is 8. The zero-order valence-electron chi connectivity index (χ0n) is 17.8. The smallest absolute Gasteiger partial charge is 0.318 e. The number of carbonyl (C=O) groups excluding carboxylic acids is 1. The van der Waals surface area contributed by atoms with Gasteiger partial charge in [-0.2, -0.15) is 10.1 Å². The van der Waals surface area contributed by atoms with Crippen LogP contribution in [-0.4, -0.2) is 61.1 Å². The van der Waals surface area contributed by atoms with Gasteiger partial charge in [-0.3, -0.25) is 9.48 Å². The van der Waals surface area contributed by atoms with Crippen LogP contribution in [0.4, 0.5) is 11.5 Å². The Morgan fingerprint density at radius 3 is 2.50 bits per heavy atom. The highest BCUT2D eigenvalue weighted by molar-refractivity contribution is 6.05. The van der Waals surface area contributed by atoms with Gasteiger partial charge in [0, 0.05) is 26.7 Å². The number of ether oxygens (including phenoxy) is 3. The number of amides is 1. The lowest BCUT2D eigenvalue weighted by Gasteiger charge is -2.16. The molecule has 2 aromatic heterocycles. The monoisotopic (exact) mass is 412 g/mol. The molecular formula is C20H24N6O4. The molecule has 10 heteroatoms. The van der Waals surface area contributed by atoms with Gasteiger partial charge >= 0.3 is 6.01 Å². The first-order chi connectivity index (χ1) is 14.4. The number of methoxy groups -OCH3 is 3. The Bertz CT molecular complexity index is 1060. The molecule has 0 spiro atoms. The molecule has 1 N–H and O–H groups in total. The lowest BCUT2D eigenvalue weighted by molar-refractivity contribution is 0.101. The first-order valence-electron chi connectivity index (χ1n) is 9.04. The van der Waals surface area contributed by atoms with Crippen molar-refractivity contribution in [2.24, 2.45) is 7.05 Å². The Labute approximate surface area is 174 Å². The summed E-state index contributed by atoms with van der Waals surface area (Å²) in [7, 11) is 9.97. The lowest BCUT2D eigenvalue weighted by atomic mass is 10.1. The van der Waals surface area contributed by atoms with Crippen LogP contribution in [0.15, 0.2) is 30.5 Å². The predicted molar refractivity (Wildman–Crippen MR) is 113 cm³/mol. The van der Waals surface area contributed by atoms with Crippen molar-refractivity contribution >= 4 is 17.4 Å². The van der Waals surface area contributed by atoms with Gasteiger partial charge < -0.3 is 24.4 Å².